The number of aliphatic hydroxyl groups is 1. The SMILES string of the molecule is O=C(CN1CCC[C@@H](O)C1)N1CCN(c2cnccn2)CC1. The van der Waals surface area contributed by atoms with E-state index in [-0.39, 0.29) is 12.0 Å². The first kappa shape index (κ1) is 15.2. The van der Waals surface area contributed by atoms with Crippen molar-refractivity contribution in [2.24, 2.45) is 0 Å². The molecule has 0 saturated carbocycles. The number of aliphatic hydroxyl groups excluding tert-OH is 1. The maximum Gasteiger partial charge on any atom is 0.236 e. The van der Waals surface area contributed by atoms with Crippen molar-refractivity contribution in [3.05, 3.63) is 18.6 Å². The Morgan fingerprint density at radius 3 is 2.73 bits per heavy atom. The van der Waals surface area contributed by atoms with E-state index in [2.05, 4.69) is 19.8 Å². The van der Waals surface area contributed by atoms with Crippen molar-refractivity contribution in [3.63, 3.8) is 0 Å². The zero-order chi connectivity index (χ0) is 15.4. The molecule has 2 fully saturated rings. The van der Waals surface area contributed by atoms with Crippen LogP contribution in [0.15, 0.2) is 18.6 Å². The normalized spacial score (nSPS) is 23.6. The number of aromatic nitrogens is 2. The molecule has 7 nitrogen and oxygen atoms in total. The van der Waals surface area contributed by atoms with Gasteiger partial charge in [0, 0.05) is 45.1 Å². The molecule has 1 N–H and O–H groups in total. The second-order valence-corrected chi connectivity index (χ2v) is 5.96. The number of nitrogens with zero attached hydrogens (tertiary/aromatic N) is 5. The number of carbonyl (C=O) groups is 1. The number of likely N-dealkylation sites (tertiary alicyclic amines) is 1. The number of hydrogen-bond donors (Lipinski definition) is 1. The molecule has 3 rings (SSSR count). The molecule has 2 aliphatic heterocycles. The Morgan fingerprint density at radius 2 is 2.05 bits per heavy atom. The summed E-state index contributed by atoms with van der Waals surface area (Å²) in [5.41, 5.74) is 0. The van der Waals surface area contributed by atoms with E-state index in [9.17, 15) is 9.90 Å². The molecule has 1 atom stereocenters. The highest BCUT2D eigenvalue weighted by Crippen LogP contribution is 2.13. The monoisotopic (exact) mass is 305 g/mol. The molecule has 1 aromatic heterocycles. The molecule has 0 spiro atoms. The van der Waals surface area contributed by atoms with Crippen molar-refractivity contribution < 1.29 is 9.90 Å². The fourth-order valence-corrected chi connectivity index (χ4v) is 3.11. The summed E-state index contributed by atoms with van der Waals surface area (Å²) in [5.74, 6) is 1.03. The van der Waals surface area contributed by atoms with Crippen molar-refractivity contribution in [2.45, 2.75) is 18.9 Å². The van der Waals surface area contributed by atoms with E-state index in [1.165, 1.54) is 0 Å². The average Bonchev–Trinajstić information content (AvgIpc) is 2.56. The maximum absolute atomic E-state index is 12.4. The van der Waals surface area contributed by atoms with Gasteiger partial charge in [-0.2, -0.15) is 0 Å². The zero-order valence-corrected chi connectivity index (χ0v) is 12.8. The van der Waals surface area contributed by atoms with Gasteiger partial charge in [0.1, 0.15) is 5.82 Å². The minimum absolute atomic E-state index is 0.160. The lowest BCUT2D eigenvalue weighted by atomic mass is 10.1. The summed E-state index contributed by atoms with van der Waals surface area (Å²) in [4.78, 5) is 26.9. The van der Waals surface area contributed by atoms with Gasteiger partial charge in [0.25, 0.3) is 0 Å². The Balaban J connectivity index is 1.47. The minimum Gasteiger partial charge on any atom is -0.392 e. The van der Waals surface area contributed by atoms with Gasteiger partial charge in [-0.3, -0.25) is 14.7 Å². The summed E-state index contributed by atoms with van der Waals surface area (Å²) < 4.78 is 0. The third-order valence-corrected chi connectivity index (χ3v) is 4.35. The van der Waals surface area contributed by atoms with Gasteiger partial charge in [0.15, 0.2) is 0 Å². The summed E-state index contributed by atoms with van der Waals surface area (Å²) in [6, 6.07) is 0. The van der Waals surface area contributed by atoms with Crippen LogP contribution in [0.5, 0.6) is 0 Å². The Morgan fingerprint density at radius 1 is 1.23 bits per heavy atom. The first-order valence-corrected chi connectivity index (χ1v) is 7.91. The Bertz CT molecular complexity index is 490. The van der Waals surface area contributed by atoms with E-state index in [1.54, 1.807) is 18.6 Å². The summed E-state index contributed by atoms with van der Waals surface area (Å²) in [7, 11) is 0. The van der Waals surface area contributed by atoms with E-state index < -0.39 is 0 Å². The van der Waals surface area contributed by atoms with Gasteiger partial charge in [-0.25, -0.2) is 4.98 Å². The Labute approximate surface area is 130 Å². The summed E-state index contributed by atoms with van der Waals surface area (Å²) in [6.45, 7) is 4.94. The quantitative estimate of drug-likeness (QED) is 0.818. The van der Waals surface area contributed by atoms with Crippen LogP contribution in [0.2, 0.25) is 0 Å². The number of β-amino-alcohol motifs (C(OH)–C–C–N with tert-alkyl or cyclic N) is 1. The van der Waals surface area contributed by atoms with Crippen LogP contribution < -0.4 is 4.90 Å². The molecular weight excluding hydrogens is 282 g/mol. The van der Waals surface area contributed by atoms with Crippen molar-refractivity contribution in [1.82, 2.24) is 19.8 Å². The molecule has 2 saturated heterocycles. The van der Waals surface area contributed by atoms with Gasteiger partial charge < -0.3 is 14.9 Å². The summed E-state index contributed by atoms with van der Waals surface area (Å²) in [6.07, 6.45) is 6.64. The minimum atomic E-state index is -0.282. The van der Waals surface area contributed by atoms with Gasteiger partial charge in [0.05, 0.1) is 18.8 Å². The lowest BCUT2D eigenvalue weighted by molar-refractivity contribution is -0.133. The first-order chi connectivity index (χ1) is 10.7. The van der Waals surface area contributed by atoms with Crippen molar-refractivity contribution in [1.29, 1.82) is 0 Å². The van der Waals surface area contributed by atoms with Gasteiger partial charge in [-0.05, 0) is 19.4 Å². The summed E-state index contributed by atoms with van der Waals surface area (Å²) in [5, 5.41) is 9.68. The van der Waals surface area contributed by atoms with Gasteiger partial charge in [-0.1, -0.05) is 0 Å². The molecular formula is C15H23N5O2. The molecule has 1 amide bonds. The second-order valence-electron chi connectivity index (χ2n) is 5.96. The molecule has 7 heteroatoms. The Kier molecular flexibility index (Phi) is 4.84. The van der Waals surface area contributed by atoms with Crippen LogP contribution >= 0.6 is 0 Å². The van der Waals surface area contributed by atoms with E-state index in [0.717, 1.165) is 38.3 Å². The standard InChI is InChI=1S/C15H23N5O2/c21-13-2-1-5-18(11-13)12-15(22)20-8-6-19(7-9-20)14-10-16-3-4-17-14/h3-4,10,13,21H,1-2,5-9,11-12H2/t13-/m1/s1. The first-order valence-electron chi connectivity index (χ1n) is 7.91. The second kappa shape index (κ2) is 7.02. The predicted molar refractivity (Wildman–Crippen MR) is 82.5 cm³/mol. The fourth-order valence-electron chi connectivity index (χ4n) is 3.11. The van der Waals surface area contributed by atoms with Crippen molar-refractivity contribution in [3.8, 4) is 0 Å². The largest absolute Gasteiger partial charge is 0.392 e. The van der Waals surface area contributed by atoms with E-state index in [4.69, 9.17) is 0 Å². The van der Waals surface area contributed by atoms with Gasteiger partial charge >= 0.3 is 0 Å². The number of piperidine rings is 1. The highest BCUT2D eigenvalue weighted by atomic mass is 16.3. The average molecular weight is 305 g/mol. The number of amides is 1. The van der Waals surface area contributed by atoms with Crippen LogP contribution in [0.4, 0.5) is 5.82 Å². The highest BCUT2D eigenvalue weighted by molar-refractivity contribution is 5.78. The molecule has 3 heterocycles. The van der Waals surface area contributed by atoms with E-state index >= 15 is 0 Å². The number of rotatable bonds is 3. The van der Waals surface area contributed by atoms with Crippen LogP contribution in [0, 0.1) is 0 Å². The summed E-state index contributed by atoms with van der Waals surface area (Å²) >= 11 is 0. The maximum atomic E-state index is 12.4. The van der Waals surface area contributed by atoms with Crippen LogP contribution in [0.25, 0.3) is 0 Å². The topological polar surface area (TPSA) is 72.8 Å². The molecule has 0 aromatic carbocycles. The molecule has 0 bridgehead atoms. The number of hydrogen-bond acceptors (Lipinski definition) is 6. The van der Waals surface area contributed by atoms with E-state index in [0.29, 0.717) is 26.2 Å². The van der Waals surface area contributed by atoms with Crippen molar-refractivity contribution >= 4 is 11.7 Å². The molecule has 0 radical (unpaired) electrons. The van der Waals surface area contributed by atoms with Crippen LogP contribution in [0.1, 0.15) is 12.8 Å². The smallest absolute Gasteiger partial charge is 0.236 e. The number of carbonyl (C=O) groups excluding carboxylic acids is 1. The predicted octanol–water partition coefficient (Wildman–Crippen LogP) is -0.418. The fraction of sp³-hybridized carbons (Fsp3) is 0.667. The molecule has 0 aliphatic carbocycles. The third-order valence-electron chi connectivity index (χ3n) is 4.35. The molecule has 0 unspecified atom stereocenters. The van der Waals surface area contributed by atoms with Crippen LogP contribution in [-0.2, 0) is 4.79 Å². The van der Waals surface area contributed by atoms with Crippen LogP contribution in [0.3, 0.4) is 0 Å². The molecule has 1 aromatic rings. The van der Waals surface area contributed by atoms with Crippen LogP contribution in [-0.4, -0.2) is 82.7 Å². The number of anilines is 1. The highest BCUT2D eigenvalue weighted by Gasteiger charge is 2.25. The lowest BCUT2D eigenvalue weighted by Crippen LogP contribution is -2.52. The van der Waals surface area contributed by atoms with Gasteiger partial charge in [-0.15, -0.1) is 0 Å². The molecule has 120 valence electrons. The van der Waals surface area contributed by atoms with Crippen molar-refractivity contribution in [2.75, 3.05) is 50.7 Å². The lowest BCUT2D eigenvalue weighted by Gasteiger charge is -2.37. The Hall–Kier alpha value is -1.73. The van der Waals surface area contributed by atoms with Gasteiger partial charge in [0.2, 0.25) is 5.91 Å². The molecule has 2 aliphatic rings. The molecule has 22 heavy (non-hydrogen) atoms. The zero-order valence-electron chi connectivity index (χ0n) is 12.8. The van der Waals surface area contributed by atoms with E-state index in [1.807, 2.05) is 4.90 Å². The third kappa shape index (κ3) is 3.72. The number of piperazine rings is 1.